The van der Waals surface area contributed by atoms with Crippen molar-refractivity contribution < 1.29 is 0 Å². The molecule has 0 saturated carbocycles. The topological polar surface area (TPSA) is 34.9 Å². The summed E-state index contributed by atoms with van der Waals surface area (Å²) in [5, 5.41) is 0. The third-order valence-electron chi connectivity index (χ3n) is 5.80. The Morgan fingerprint density at radius 1 is 1.10 bits per heavy atom. The van der Waals surface area contributed by atoms with Gasteiger partial charge in [-0.3, -0.25) is 9.36 Å². The van der Waals surface area contributed by atoms with Gasteiger partial charge in [-0.05, 0) is 59.3 Å². The average Bonchev–Trinajstić information content (AvgIpc) is 3.06. The maximum absolute atomic E-state index is 13.2. The van der Waals surface area contributed by atoms with Gasteiger partial charge in [0.05, 0.1) is 11.8 Å². The van der Waals surface area contributed by atoms with E-state index in [-0.39, 0.29) is 17.0 Å². The molecule has 3 aromatic rings. The Morgan fingerprint density at radius 3 is 2.55 bits per heavy atom. The predicted molar refractivity (Wildman–Crippen MR) is 123 cm³/mol. The van der Waals surface area contributed by atoms with Crippen LogP contribution in [0.4, 0.5) is 0 Å². The van der Waals surface area contributed by atoms with E-state index < -0.39 is 0 Å². The molecule has 3 nitrogen and oxygen atoms in total. The van der Waals surface area contributed by atoms with Crippen molar-refractivity contribution in [1.29, 1.82) is 0 Å². The number of hydrogen-bond donors (Lipinski definition) is 0. The Kier molecular flexibility index (Phi) is 4.97. The van der Waals surface area contributed by atoms with E-state index in [9.17, 15) is 4.79 Å². The van der Waals surface area contributed by atoms with Crippen LogP contribution < -0.4 is 5.56 Å². The number of thiophene rings is 1. The fourth-order valence-corrected chi connectivity index (χ4v) is 5.41. The summed E-state index contributed by atoms with van der Waals surface area (Å²) in [4.78, 5) is 19.1. The highest BCUT2D eigenvalue weighted by atomic mass is 32.1. The lowest BCUT2D eigenvalue weighted by atomic mass is 9.83. The quantitative estimate of drug-likeness (QED) is 0.515. The third kappa shape index (κ3) is 4.18. The van der Waals surface area contributed by atoms with Gasteiger partial charge in [-0.25, -0.2) is 4.98 Å². The molecule has 0 radical (unpaired) electrons. The van der Waals surface area contributed by atoms with Crippen molar-refractivity contribution in [3.05, 3.63) is 62.5 Å². The smallest absolute Gasteiger partial charge is 0.271 e. The van der Waals surface area contributed by atoms with E-state index in [1.54, 1.807) is 17.7 Å². The minimum absolute atomic E-state index is 0.0389. The Morgan fingerprint density at radius 2 is 1.86 bits per heavy atom. The summed E-state index contributed by atoms with van der Waals surface area (Å²) < 4.78 is 2.68. The van der Waals surface area contributed by atoms with Crippen LogP contribution in [0.25, 0.3) is 10.2 Å². The molecule has 1 atom stereocenters. The summed E-state index contributed by atoms with van der Waals surface area (Å²) in [5.74, 6) is 0. The van der Waals surface area contributed by atoms with Crippen LogP contribution in [0.1, 0.15) is 75.6 Å². The van der Waals surface area contributed by atoms with Gasteiger partial charge in [0.15, 0.2) is 0 Å². The maximum Gasteiger partial charge on any atom is 0.271 e. The average molecular weight is 409 g/mol. The zero-order valence-electron chi connectivity index (χ0n) is 18.5. The molecule has 4 heteroatoms. The summed E-state index contributed by atoms with van der Waals surface area (Å²) in [5.41, 5.74) is 5.55. The molecule has 0 N–H and O–H groups in total. The summed E-state index contributed by atoms with van der Waals surface area (Å²) in [6.45, 7) is 13.4. The van der Waals surface area contributed by atoms with Gasteiger partial charge in [0.1, 0.15) is 4.70 Å². The lowest BCUT2D eigenvalue weighted by molar-refractivity contribution is 0.409. The maximum atomic E-state index is 13.2. The SMILES string of the molecule is CC(C)(C)Cc1ccc2c(c1)CC[C@H](n1cnc3cc(C(C)(C)C)sc3c1=O)C2. The molecule has 29 heavy (non-hydrogen) atoms. The minimum atomic E-state index is 0.0389. The van der Waals surface area contributed by atoms with Crippen LogP contribution in [-0.4, -0.2) is 9.55 Å². The highest BCUT2D eigenvalue weighted by Gasteiger charge is 2.24. The van der Waals surface area contributed by atoms with Gasteiger partial charge < -0.3 is 0 Å². The molecule has 154 valence electrons. The van der Waals surface area contributed by atoms with Crippen molar-refractivity contribution in [2.75, 3.05) is 0 Å². The molecule has 2 aromatic heterocycles. The normalized spacial score (nSPS) is 17.5. The van der Waals surface area contributed by atoms with Crippen LogP contribution >= 0.6 is 11.3 Å². The van der Waals surface area contributed by atoms with Gasteiger partial charge in [-0.15, -0.1) is 11.3 Å². The van der Waals surface area contributed by atoms with Crippen molar-refractivity contribution in [3.63, 3.8) is 0 Å². The van der Waals surface area contributed by atoms with Crippen LogP contribution in [0.15, 0.2) is 35.4 Å². The van der Waals surface area contributed by atoms with Gasteiger partial charge in [0.2, 0.25) is 0 Å². The Balaban J connectivity index is 1.63. The van der Waals surface area contributed by atoms with E-state index in [0.717, 1.165) is 35.9 Å². The van der Waals surface area contributed by atoms with Crippen molar-refractivity contribution >= 4 is 21.6 Å². The van der Waals surface area contributed by atoms with Crippen LogP contribution in [-0.2, 0) is 24.7 Å². The Labute approximate surface area is 177 Å². The lowest BCUT2D eigenvalue weighted by Crippen LogP contribution is -2.28. The van der Waals surface area contributed by atoms with Gasteiger partial charge in [-0.1, -0.05) is 59.7 Å². The molecule has 0 amide bonds. The summed E-state index contributed by atoms with van der Waals surface area (Å²) in [7, 11) is 0. The second kappa shape index (κ2) is 7.09. The van der Waals surface area contributed by atoms with Crippen LogP contribution in [0.5, 0.6) is 0 Å². The number of hydrogen-bond acceptors (Lipinski definition) is 3. The third-order valence-corrected chi connectivity index (χ3v) is 7.34. The Bertz CT molecular complexity index is 1110. The number of rotatable bonds is 2. The summed E-state index contributed by atoms with van der Waals surface area (Å²) >= 11 is 1.61. The van der Waals surface area contributed by atoms with Gasteiger partial charge >= 0.3 is 0 Å². The second-order valence-electron chi connectivity index (χ2n) is 10.8. The standard InChI is InChI=1S/C25H32N2OS/c1-24(2,3)14-16-7-8-18-12-19(10-9-17(18)11-16)27-15-26-20-13-21(25(4,5)6)29-22(20)23(27)28/h7-8,11,13,15,19H,9-10,12,14H2,1-6H3/t19-/m0/s1. The lowest BCUT2D eigenvalue weighted by Gasteiger charge is -2.27. The van der Waals surface area contributed by atoms with Crippen LogP contribution in [0.3, 0.4) is 0 Å². The predicted octanol–water partition coefficient (Wildman–Crippen LogP) is 6.07. The molecular formula is C25H32N2OS. The second-order valence-corrected chi connectivity index (χ2v) is 11.8. The van der Waals surface area contributed by atoms with E-state index in [0.29, 0.717) is 5.41 Å². The molecule has 0 bridgehead atoms. The Hall–Kier alpha value is -1.94. The largest absolute Gasteiger partial charge is 0.295 e. The van der Waals surface area contributed by atoms with E-state index in [1.165, 1.54) is 21.6 Å². The first kappa shape index (κ1) is 20.3. The van der Waals surface area contributed by atoms with E-state index in [4.69, 9.17) is 0 Å². The number of aromatic nitrogens is 2. The first-order valence-electron chi connectivity index (χ1n) is 10.6. The molecule has 0 unspecified atom stereocenters. The highest BCUT2D eigenvalue weighted by molar-refractivity contribution is 7.19. The van der Waals surface area contributed by atoms with E-state index in [1.807, 2.05) is 4.57 Å². The first-order chi connectivity index (χ1) is 13.5. The van der Waals surface area contributed by atoms with Crippen LogP contribution in [0.2, 0.25) is 0 Å². The summed E-state index contributed by atoms with van der Waals surface area (Å²) in [6, 6.07) is 9.21. The van der Waals surface area contributed by atoms with E-state index in [2.05, 4.69) is 70.8 Å². The zero-order chi connectivity index (χ0) is 21.0. The first-order valence-corrected chi connectivity index (χ1v) is 11.4. The van der Waals surface area contributed by atoms with Gasteiger partial charge in [-0.2, -0.15) is 0 Å². The molecule has 0 saturated heterocycles. The molecule has 0 fully saturated rings. The fraction of sp³-hybridized carbons (Fsp3) is 0.520. The van der Waals surface area contributed by atoms with Crippen molar-refractivity contribution in [2.24, 2.45) is 5.41 Å². The van der Waals surface area contributed by atoms with E-state index >= 15 is 0 Å². The van der Waals surface area contributed by atoms with Gasteiger partial charge in [0, 0.05) is 10.9 Å². The molecule has 1 aliphatic carbocycles. The molecule has 0 spiro atoms. The highest BCUT2D eigenvalue weighted by Crippen LogP contribution is 2.34. The zero-order valence-corrected chi connectivity index (χ0v) is 19.3. The molecule has 4 rings (SSSR count). The van der Waals surface area contributed by atoms with Crippen molar-refractivity contribution in [1.82, 2.24) is 9.55 Å². The monoisotopic (exact) mass is 408 g/mol. The van der Waals surface area contributed by atoms with Gasteiger partial charge in [0.25, 0.3) is 5.56 Å². The molecular weight excluding hydrogens is 376 g/mol. The molecule has 1 aliphatic rings. The fourth-order valence-electron chi connectivity index (χ4n) is 4.30. The van der Waals surface area contributed by atoms with Crippen molar-refractivity contribution in [2.45, 2.75) is 78.7 Å². The molecule has 1 aromatic carbocycles. The van der Waals surface area contributed by atoms with Crippen LogP contribution in [0, 0.1) is 5.41 Å². The molecule has 0 aliphatic heterocycles. The number of aryl methyl sites for hydroxylation is 1. The number of benzene rings is 1. The number of fused-ring (bicyclic) bond motifs is 2. The minimum Gasteiger partial charge on any atom is -0.295 e. The van der Waals surface area contributed by atoms with Crippen molar-refractivity contribution in [3.8, 4) is 0 Å². The number of nitrogens with zero attached hydrogens (tertiary/aromatic N) is 2. The molecule has 2 heterocycles. The summed E-state index contributed by atoms with van der Waals surface area (Å²) in [6.07, 6.45) is 5.80.